The summed E-state index contributed by atoms with van der Waals surface area (Å²) in [5, 5.41) is 20.1. The van der Waals surface area contributed by atoms with Crippen LogP contribution in [-0.2, 0) is 4.79 Å². The van der Waals surface area contributed by atoms with Gasteiger partial charge in [0.25, 0.3) is 5.91 Å². The highest BCUT2D eigenvalue weighted by atomic mass is 16.4. The van der Waals surface area contributed by atoms with Crippen molar-refractivity contribution >= 4 is 11.9 Å². The topological polar surface area (TPSA) is 117 Å². The van der Waals surface area contributed by atoms with Crippen molar-refractivity contribution in [2.24, 2.45) is 5.41 Å². The number of nitrogens with zero attached hydrogens (tertiary/aromatic N) is 4. The lowest BCUT2D eigenvalue weighted by atomic mass is 9.74. The maximum Gasteiger partial charge on any atom is 0.314 e. The van der Waals surface area contributed by atoms with Crippen molar-refractivity contribution < 1.29 is 19.8 Å². The van der Waals surface area contributed by atoms with Gasteiger partial charge in [0.2, 0.25) is 0 Å². The summed E-state index contributed by atoms with van der Waals surface area (Å²) < 4.78 is 0. The zero-order valence-electron chi connectivity index (χ0n) is 16.0. The molecule has 2 atom stereocenters. The molecular formula is C20H24N4O4. The molecule has 0 aliphatic carbocycles. The molecule has 28 heavy (non-hydrogen) atoms. The minimum Gasteiger partial charge on any atom is -0.481 e. The van der Waals surface area contributed by atoms with Gasteiger partial charge in [-0.25, -0.2) is 9.97 Å². The molecule has 1 fully saturated rings. The molecule has 3 rings (SSSR count). The van der Waals surface area contributed by atoms with Crippen molar-refractivity contribution in [1.82, 2.24) is 19.9 Å². The number of likely N-dealkylation sites (tertiary alicyclic amines) is 1. The molecule has 0 bridgehead atoms. The number of aromatic nitrogens is 3. The number of carboxylic acid groups (broad SMARTS) is 1. The molecule has 8 nitrogen and oxygen atoms in total. The molecule has 2 aromatic rings. The molecular weight excluding hydrogens is 360 g/mol. The Kier molecular flexibility index (Phi) is 5.69. The number of carbonyl (C=O) groups is 2. The van der Waals surface area contributed by atoms with E-state index in [1.807, 2.05) is 13.0 Å². The lowest BCUT2D eigenvalue weighted by Gasteiger charge is -2.43. The Balaban J connectivity index is 1.86. The van der Waals surface area contributed by atoms with Gasteiger partial charge < -0.3 is 15.1 Å². The lowest BCUT2D eigenvalue weighted by Crippen LogP contribution is -2.57. The number of aliphatic hydroxyl groups is 1. The van der Waals surface area contributed by atoms with Crippen molar-refractivity contribution in [3.8, 4) is 11.4 Å². The van der Waals surface area contributed by atoms with Crippen molar-refractivity contribution in [2.45, 2.75) is 39.2 Å². The Morgan fingerprint density at radius 2 is 2.14 bits per heavy atom. The van der Waals surface area contributed by atoms with Gasteiger partial charge >= 0.3 is 5.97 Å². The van der Waals surface area contributed by atoms with Gasteiger partial charge in [-0.1, -0.05) is 13.3 Å². The van der Waals surface area contributed by atoms with E-state index in [1.54, 1.807) is 25.4 Å². The molecule has 0 spiro atoms. The maximum absolute atomic E-state index is 13.0. The fraction of sp³-hybridized carbons (Fsp3) is 0.450. The SMILES string of the molecule is CCC[C@@]1(C(=O)O)CN(C(=O)c2cnc(-c3cccnc3)nc2C)CC[C@H]1O. The molecule has 0 radical (unpaired) electrons. The number of aliphatic carboxylic acids is 1. The number of aliphatic hydroxyl groups excluding tert-OH is 1. The van der Waals surface area contributed by atoms with Gasteiger partial charge in [-0.15, -0.1) is 0 Å². The molecule has 1 aliphatic rings. The minimum atomic E-state index is -1.34. The second kappa shape index (κ2) is 8.02. The van der Waals surface area contributed by atoms with Gasteiger partial charge in [-0.2, -0.15) is 0 Å². The van der Waals surface area contributed by atoms with E-state index in [0.29, 0.717) is 36.5 Å². The van der Waals surface area contributed by atoms with Gasteiger partial charge in [0.1, 0.15) is 5.41 Å². The van der Waals surface area contributed by atoms with Crippen LogP contribution in [0.5, 0.6) is 0 Å². The Morgan fingerprint density at radius 3 is 2.75 bits per heavy atom. The number of piperidine rings is 1. The van der Waals surface area contributed by atoms with E-state index >= 15 is 0 Å². The van der Waals surface area contributed by atoms with Crippen LogP contribution in [0.3, 0.4) is 0 Å². The Labute approximate surface area is 163 Å². The summed E-state index contributed by atoms with van der Waals surface area (Å²) in [6, 6.07) is 3.62. The van der Waals surface area contributed by atoms with Gasteiger partial charge in [0, 0.05) is 37.2 Å². The van der Waals surface area contributed by atoms with Crippen LogP contribution in [0.4, 0.5) is 0 Å². The predicted molar refractivity (Wildman–Crippen MR) is 102 cm³/mol. The van der Waals surface area contributed by atoms with E-state index in [4.69, 9.17) is 0 Å². The molecule has 1 aliphatic heterocycles. The minimum absolute atomic E-state index is 0.0278. The number of hydrogen-bond acceptors (Lipinski definition) is 6. The molecule has 0 saturated carbocycles. The van der Waals surface area contributed by atoms with E-state index in [9.17, 15) is 19.8 Å². The highest BCUT2D eigenvalue weighted by Gasteiger charge is 2.49. The lowest BCUT2D eigenvalue weighted by molar-refractivity contribution is -0.162. The summed E-state index contributed by atoms with van der Waals surface area (Å²) in [6.07, 6.45) is 4.94. The van der Waals surface area contributed by atoms with Crippen LogP contribution in [0.15, 0.2) is 30.7 Å². The molecule has 8 heteroatoms. The van der Waals surface area contributed by atoms with Crippen LogP contribution in [0.25, 0.3) is 11.4 Å². The number of carboxylic acids is 1. The summed E-state index contributed by atoms with van der Waals surface area (Å²) in [6.45, 7) is 3.86. The van der Waals surface area contributed by atoms with Crippen molar-refractivity contribution in [3.63, 3.8) is 0 Å². The van der Waals surface area contributed by atoms with Crippen molar-refractivity contribution in [1.29, 1.82) is 0 Å². The Hall–Kier alpha value is -2.87. The Morgan fingerprint density at radius 1 is 1.36 bits per heavy atom. The first-order valence-corrected chi connectivity index (χ1v) is 9.34. The van der Waals surface area contributed by atoms with E-state index < -0.39 is 17.5 Å². The summed E-state index contributed by atoms with van der Waals surface area (Å²) in [7, 11) is 0. The Bertz CT molecular complexity index is 874. The summed E-state index contributed by atoms with van der Waals surface area (Å²) in [4.78, 5) is 39.2. The number of pyridine rings is 1. The van der Waals surface area contributed by atoms with Gasteiger partial charge in [-0.05, 0) is 31.9 Å². The van der Waals surface area contributed by atoms with Crippen LogP contribution < -0.4 is 0 Å². The molecule has 2 aromatic heterocycles. The van der Waals surface area contributed by atoms with Crippen LogP contribution in [0.1, 0.15) is 42.2 Å². The summed E-state index contributed by atoms with van der Waals surface area (Å²) >= 11 is 0. The zero-order valence-corrected chi connectivity index (χ0v) is 16.0. The highest BCUT2D eigenvalue weighted by Crippen LogP contribution is 2.36. The molecule has 1 saturated heterocycles. The second-order valence-corrected chi connectivity index (χ2v) is 7.18. The van der Waals surface area contributed by atoms with Crippen molar-refractivity contribution in [2.75, 3.05) is 13.1 Å². The van der Waals surface area contributed by atoms with Crippen LogP contribution in [-0.4, -0.2) is 61.1 Å². The van der Waals surface area contributed by atoms with Crippen LogP contribution in [0.2, 0.25) is 0 Å². The van der Waals surface area contributed by atoms with Crippen LogP contribution >= 0.6 is 0 Å². The number of hydrogen-bond donors (Lipinski definition) is 2. The molecule has 0 unspecified atom stereocenters. The molecule has 3 heterocycles. The first kappa shape index (κ1) is 19.9. The van der Waals surface area contributed by atoms with Crippen LogP contribution in [0, 0.1) is 12.3 Å². The third-order valence-electron chi connectivity index (χ3n) is 5.32. The van der Waals surface area contributed by atoms with E-state index in [1.165, 1.54) is 11.1 Å². The first-order chi connectivity index (χ1) is 13.4. The van der Waals surface area contributed by atoms with Gasteiger partial charge in [0.15, 0.2) is 5.82 Å². The number of rotatable bonds is 5. The van der Waals surface area contributed by atoms with E-state index in [2.05, 4.69) is 15.0 Å². The molecule has 1 amide bonds. The quantitative estimate of drug-likeness (QED) is 0.809. The number of aryl methyl sites for hydroxylation is 1. The fourth-order valence-corrected chi connectivity index (χ4v) is 3.74. The summed E-state index contributed by atoms with van der Waals surface area (Å²) in [5.41, 5.74) is 0.257. The monoisotopic (exact) mass is 384 g/mol. The van der Waals surface area contributed by atoms with Gasteiger partial charge in [-0.3, -0.25) is 14.6 Å². The summed E-state index contributed by atoms with van der Waals surface area (Å²) in [5.74, 6) is -0.912. The smallest absolute Gasteiger partial charge is 0.314 e. The molecule has 0 aromatic carbocycles. The van der Waals surface area contributed by atoms with Crippen molar-refractivity contribution in [3.05, 3.63) is 42.0 Å². The molecule has 2 N–H and O–H groups in total. The van der Waals surface area contributed by atoms with Gasteiger partial charge in [0.05, 0.1) is 17.4 Å². The zero-order chi connectivity index (χ0) is 20.3. The standard InChI is InChI=1S/C20H24N4O4/c1-3-7-20(19(27)28)12-24(9-6-16(20)25)18(26)15-11-22-17(23-13(15)2)14-5-4-8-21-10-14/h4-5,8,10-11,16,25H,3,6-7,9,12H2,1-2H3,(H,27,28)/t16-,20-/m1/s1. The fourth-order valence-electron chi connectivity index (χ4n) is 3.74. The average Bonchev–Trinajstić information content (AvgIpc) is 2.69. The maximum atomic E-state index is 13.0. The third-order valence-corrected chi connectivity index (χ3v) is 5.32. The number of carbonyl (C=O) groups excluding carboxylic acids is 1. The highest BCUT2D eigenvalue weighted by molar-refractivity contribution is 5.95. The second-order valence-electron chi connectivity index (χ2n) is 7.18. The van der Waals surface area contributed by atoms with E-state index in [-0.39, 0.29) is 18.9 Å². The average molecular weight is 384 g/mol. The largest absolute Gasteiger partial charge is 0.481 e. The third kappa shape index (κ3) is 3.60. The normalized spacial score (nSPS) is 22.1. The predicted octanol–water partition coefficient (Wildman–Crippen LogP) is 1.92. The first-order valence-electron chi connectivity index (χ1n) is 9.34. The molecule has 148 valence electrons. The number of amides is 1. The van der Waals surface area contributed by atoms with E-state index in [0.717, 1.165) is 5.56 Å².